The van der Waals surface area contributed by atoms with Crippen molar-refractivity contribution in [2.45, 2.75) is 69.2 Å². The van der Waals surface area contributed by atoms with Gasteiger partial charge in [-0.2, -0.15) is 22.3 Å². The third kappa shape index (κ3) is 7.42. The maximum atomic E-state index is 8.00. The molecule has 2 nitrogen and oxygen atoms in total. The van der Waals surface area contributed by atoms with Crippen molar-refractivity contribution in [3.05, 3.63) is 45.6 Å². The summed E-state index contributed by atoms with van der Waals surface area (Å²) in [6, 6.07) is 0. The van der Waals surface area contributed by atoms with Crippen LogP contribution in [-0.2, 0) is 31.3 Å². The van der Waals surface area contributed by atoms with Crippen LogP contribution in [0.5, 0.6) is 0 Å². The van der Waals surface area contributed by atoms with Crippen LogP contribution in [0, 0.1) is 23.0 Å². The second kappa shape index (κ2) is 11.6. The van der Waals surface area contributed by atoms with Gasteiger partial charge in [0.2, 0.25) is 0 Å². The van der Waals surface area contributed by atoms with Crippen LogP contribution in [-0.4, -0.2) is 13.6 Å². The number of rotatable bonds is 0. The van der Waals surface area contributed by atoms with Gasteiger partial charge in [0.25, 0.3) is 0 Å². The van der Waals surface area contributed by atoms with Gasteiger partial charge in [-0.15, -0.1) is 13.8 Å². The number of allylic oxidation sites excluding steroid dienone is 8. The summed E-state index contributed by atoms with van der Waals surface area (Å²) in [5, 5.41) is 0. The van der Waals surface area contributed by atoms with Gasteiger partial charge < -0.3 is 9.59 Å². The van der Waals surface area contributed by atoms with Crippen molar-refractivity contribution in [3.63, 3.8) is 0 Å². The van der Waals surface area contributed by atoms with Crippen LogP contribution in [0.1, 0.15) is 69.2 Å². The fraction of sp³-hybridized carbons (Fsp3) is 0.545. The Bertz CT molecular complexity index is 521. The third-order valence-corrected chi connectivity index (χ3v) is 5.12. The molecule has 0 fully saturated rings. The summed E-state index contributed by atoms with van der Waals surface area (Å²) in [4.78, 5) is 16.0. The number of hydrogen-bond acceptors (Lipinski definition) is 2. The Balaban J connectivity index is -0.000000312. The summed E-state index contributed by atoms with van der Waals surface area (Å²) >= 11 is 0. The normalized spacial score (nSPS) is 19.1. The van der Waals surface area contributed by atoms with Gasteiger partial charge in [0.05, 0.1) is 0 Å². The molecule has 0 unspecified atom stereocenters. The van der Waals surface area contributed by atoms with Gasteiger partial charge in [-0.3, -0.25) is 12.2 Å². The molecule has 0 N–H and O–H groups in total. The molecular weight excluding hydrogens is 344 g/mol. The van der Waals surface area contributed by atoms with Crippen LogP contribution in [0.15, 0.2) is 33.4 Å². The third-order valence-electron chi connectivity index (χ3n) is 5.12. The van der Waals surface area contributed by atoms with Crippen LogP contribution >= 0.6 is 0 Å². The smallest absolute Gasteiger partial charge is 0.307 e. The molecule has 0 aromatic rings. The molecule has 3 heteroatoms. The maximum absolute atomic E-state index is 8.00. The minimum atomic E-state index is 0. The topological polar surface area (TPSA) is 34.1 Å². The molecule has 0 atom stereocenters. The zero-order valence-electron chi connectivity index (χ0n) is 17.7. The van der Waals surface area contributed by atoms with Crippen molar-refractivity contribution >= 4 is 13.6 Å². The van der Waals surface area contributed by atoms with Crippen LogP contribution in [0.4, 0.5) is 0 Å². The molecule has 0 spiro atoms. The van der Waals surface area contributed by atoms with Crippen LogP contribution < -0.4 is 0 Å². The minimum Gasteiger partial charge on any atom is -0.307 e. The SMILES string of the molecule is C=O.C=O.CC1=[C-]C(C)(C)C(C)=C1C.CC1=[C-]C(C)(C)C(C)=C1C.[Ti+2]. The van der Waals surface area contributed by atoms with E-state index in [1.165, 1.54) is 33.4 Å². The molecule has 0 saturated carbocycles. The first-order valence-corrected chi connectivity index (χ1v) is 8.08. The minimum absolute atomic E-state index is 0. The first-order valence-electron chi connectivity index (χ1n) is 8.08. The van der Waals surface area contributed by atoms with E-state index in [9.17, 15) is 0 Å². The summed E-state index contributed by atoms with van der Waals surface area (Å²) in [5.41, 5.74) is 8.79. The van der Waals surface area contributed by atoms with Crippen molar-refractivity contribution < 1.29 is 31.3 Å². The zero-order chi connectivity index (χ0) is 19.9. The van der Waals surface area contributed by atoms with E-state index in [1.807, 2.05) is 13.6 Å². The summed E-state index contributed by atoms with van der Waals surface area (Å²) in [6.45, 7) is 25.8. The molecule has 138 valence electrons. The van der Waals surface area contributed by atoms with E-state index in [1.54, 1.807) is 0 Å². The predicted octanol–water partition coefficient (Wildman–Crippen LogP) is 5.85. The molecule has 25 heavy (non-hydrogen) atoms. The zero-order valence-corrected chi connectivity index (χ0v) is 19.3. The molecule has 0 aromatic carbocycles. The average Bonchev–Trinajstić information content (AvgIpc) is 2.82. The van der Waals surface area contributed by atoms with Crippen LogP contribution in [0.3, 0.4) is 0 Å². The molecule has 0 radical (unpaired) electrons. The van der Waals surface area contributed by atoms with E-state index in [0.29, 0.717) is 0 Å². The van der Waals surface area contributed by atoms with Gasteiger partial charge in [-0.25, -0.2) is 11.1 Å². The molecule has 2 aliphatic carbocycles. The molecule has 2 rings (SSSR count). The summed E-state index contributed by atoms with van der Waals surface area (Å²) in [7, 11) is 0. The number of hydrogen-bond donors (Lipinski definition) is 0. The van der Waals surface area contributed by atoms with Gasteiger partial charge in [0, 0.05) is 0 Å². The van der Waals surface area contributed by atoms with Gasteiger partial charge >= 0.3 is 21.7 Å². The van der Waals surface area contributed by atoms with Crippen molar-refractivity contribution in [1.29, 1.82) is 0 Å². The average molecular weight is 378 g/mol. The molecule has 0 amide bonds. The van der Waals surface area contributed by atoms with E-state index in [-0.39, 0.29) is 32.5 Å². The van der Waals surface area contributed by atoms with E-state index < -0.39 is 0 Å². The maximum Gasteiger partial charge on any atom is 2.00 e. The largest absolute Gasteiger partial charge is 2.00 e. The molecule has 0 bridgehead atoms. The fourth-order valence-corrected chi connectivity index (χ4v) is 2.81. The Morgan fingerprint density at radius 3 is 0.840 bits per heavy atom. The van der Waals surface area contributed by atoms with Crippen molar-refractivity contribution in [2.75, 3.05) is 0 Å². The number of carbonyl (C=O) groups is 2. The Morgan fingerprint density at radius 1 is 0.600 bits per heavy atom. The van der Waals surface area contributed by atoms with Crippen molar-refractivity contribution in [2.24, 2.45) is 10.8 Å². The summed E-state index contributed by atoms with van der Waals surface area (Å²) in [6.07, 6.45) is 6.87. The number of carbonyl (C=O) groups excluding carboxylic acids is 2. The first kappa shape index (κ1) is 28.8. The Morgan fingerprint density at radius 2 is 0.800 bits per heavy atom. The second-order valence-corrected chi connectivity index (χ2v) is 7.25. The molecule has 0 saturated heterocycles. The Hall–Kier alpha value is -0.986. The van der Waals surface area contributed by atoms with E-state index in [0.717, 1.165) is 0 Å². The first-order chi connectivity index (χ1) is 10.9. The predicted molar refractivity (Wildman–Crippen MR) is 103 cm³/mol. The van der Waals surface area contributed by atoms with Gasteiger partial charge in [-0.05, 0) is 0 Å². The summed E-state index contributed by atoms with van der Waals surface area (Å²) < 4.78 is 0. The van der Waals surface area contributed by atoms with Gasteiger partial charge in [-0.1, -0.05) is 66.2 Å². The van der Waals surface area contributed by atoms with Crippen molar-refractivity contribution in [1.82, 2.24) is 0 Å². The van der Waals surface area contributed by atoms with Crippen molar-refractivity contribution in [3.8, 4) is 0 Å². The Labute approximate surface area is 170 Å². The molecule has 2 aliphatic rings. The molecular formula is C22H34O2Ti. The summed E-state index contributed by atoms with van der Waals surface area (Å²) in [5.74, 6) is 0. The monoisotopic (exact) mass is 378 g/mol. The van der Waals surface area contributed by atoms with Crippen LogP contribution in [0.25, 0.3) is 0 Å². The molecule has 0 aromatic heterocycles. The molecule has 0 heterocycles. The fourth-order valence-electron chi connectivity index (χ4n) is 2.81. The van der Waals surface area contributed by atoms with E-state index in [4.69, 9.17) is 9.59 Å². The Kier molecular flexibility index (Phi) is 13.4. The quantitative estimate of drug-likeness (QED) is 0.391. The van der Waals surface area contributed by atoms with Gasteiger partial charge in [0.1, 0.15) is 13.6 Å². The second-order valence-electron chi connectivity index (χ2n) is 7.25. The van der Waals surface area contributed by atoms with Gasteiger partial charge in [0.15, 0.2) is 0 Å². The standard InChI is InChI=1S/2C10H15.2CH2O.Ti/c2*1-7-6-10(4,5)9(3)8(7)2;2*1-2;/h2*1-5H3;2*1H2;/q2*-1;;;+2. The van der Waals surface area contributed by atoms with E-state index in [2.05, 4.69) is 81.4 Å². The van der Waals surface area contributed by atoms with Crippen LogP contribution in [0.2, 0.25) is 0 Å². The van der Waals surface area contributed by atoms with E-state index >= 15 is 0 Å². The molecule has 0 aliphatic heterocycles.